The number of likely N-dealkylation sites (tertiary alicyclic amines) is 2. The van der Waals surface area contributed by atoms with Gasteiger partial charge in [0.1, 0.15) is 12.4 Å². The van der Waals surface area contributed by atoms with E-state index < -0.39 is 0 Å². The molecule has 2 amide bonds. The van der Waals surface area contributed by atoms with Crippen LogP contribution in [0.25, 0.3) is 0 Å². The summed E-state index contributed by atoms with van der Waals surface area (Å²) in [7, 11) is 3.10. The number of hydrogen-bond donors (Lipinski definition) is 2. The van der Waals surface area contributed by atoms with Crippen LogP contribution in [0.15, 0.2) is 12.1 Å². The van der Waals surface area contributed by atoms with Crippen LogP contribution in [0.3, 0.4) is 0 Å². The fraction of sp³-hybridized carbons (Fsp3) is 0.619. The second-order valence-electron chi connectivity index (χ2n) is 7.83. The number of amides is 2. The number of rotatable bonds is 7. The van der Waals surface area contributed by atoms with Crippen LogP contribution in [-0.2, 0) is 9.47 Å². The monoisotopic (exact) mass is 454 g/mol. The van der Waals surface area contributed by atoms with E-state index in [-0.39, 0.29) is 24.1 Å². The smallest absolute Gasteiger partial charge is 0.409 e. The second kappa shape index (κ2) is 10.9. The summed E-state index contributed by atoms with van der Waals surface area (Å²) in [6.07, 6.45) is 2.35. The van der Waals surface area contributed by atoms with Gasteiger partial charge in [0, 0.05) is 45.9 Å². The molecular formula is C21H31ClN4O5. The summed E-state index contributed by atoms with van der Waals surface area (Å²) in [5.41, 5.74) is 6.48. The molecule has 2 aliphatic heterocycles. The molecule has 31 heavy (non-hydrogen) atoms. The Morgan fingerprint density at radius 1 is 1.23 bits per heavy atom. The number of hydrogen-bond acceptors (Lipinski definition) is 7. The quantitative estimate of drug-likeness (QED) is 0.606. The van der Waals surface area contributed by atoms with Crippen molar-refractivity contribution in [3.05, 3.63) is 22.7 Å². The number of nitrogens with one attached hydrogen (secondary N) is 1. The Morgan fingerprint density at radius 2 is 1.97 bits per heavy atom. The summed E-state index contributed by atoms with van der Waals surface area (Å²) in [4.78, 5) is 28.8. The van der Waals surface area contributed by atoms with Gasteiger partial charge in [-0.15, -0.1) is 0 Å². The number of carbonyl (C=O) groups excluding carboxylic acids is 2. The number of methoxy groups -OCH3 is 2. The molecule has 0 unspecified atom stereocenters. The van der Waals surface area contributed by atoms with Gasteiger partial charge in [-0.2, -0.15) is 0 Å². The molecule has 10 heteroatoms. The normalized spacial score (nSPS) is 21.7. The average Bonchev–Trinajstić information content (AvgIpc) is 3.31. The van der Waals surface area contributed by atoms with Crippen LogP contribution >= 0.6 is 11.6 Å². The van der Waals surface area contributed by atoms with Gasteiger partial charge in [-0.1, -0.05) is 11.6 Å². The number of nitrogens with two attached hydrogens (primary N) is 1. The minimum absolute atomic E-state index is 0.165. The molecule has 0 radical (unpaired) electrons. The molecule has 0 saturated carbocycles. The van der Waals surface area contributed by atoms with E-state index in [1.165, 1.54) is 19.2 Å². The maximum Gasteiger partial charge on any atom is 0.409 e. The zero-order valence-corrected chi connectivity index (χ0v) is 18.8. The summed E-state index contributed by atoms with van der Waals surface area (Å²) in [5, 5.41) is 3.33. The molecule has 0 spiro atoms. The van der Waals surface area contributed by atoms with Gasteiger partial charge in [0.25, 0.3) is 5.91 Å². The van der Waals surface area contributed by atoms with Crippen molar-refractivity contribution in [2.24, 2.45) is 0 Å². The Morgan fingerprint density at radius 3 is 2.65 bits per heavy atom. The first-order valence-corrected chi connectivity index (χ1v) is 10.9. The van der Waals surface area contributed by atoms with Crippen molar-refractivity contribution in [2.75, 3.05) is 59.3 Å². The van der Waals surface area contributed by atoms with E-state index in [9.17, 15) is 9.59 Å². The zero-order valence-electron chi connectivity index (χ0n) is 18.1. The summed E-state index contributed by atoms with van der Waals surface area (Å²) >= 11 is 6.09. The molecule has 2 fully saturated rings. The van der Waals surface area contributed by atoms with Crippen LogP contribution in [0.5, 0.6) is 5.75 Å². The van der Waals surface area contributed by atoms with Gasteiger partial charge >= 0.3 is 6.09 Å². The Labute approximate surface area is 187 Å². The minimum Gasteiger partial charge on any atom is -0.496 e. The highest BCUT2D eigenvalue weighted by Gasteiger charge is 2.31. The van der Waals surface area contributed by atoms with E-state index in [2.05, 4.69) is 10.2 Å². The van der Waals surface area contributed by atoms with Crippen LogP contribution in [0.2, 0.25) is 5.02 Å². The number of anilines is 1. The van der Waals surface area contributed by atoms with Gasteiger partial charge in [-0.05, 0) is 25.3 Å². The molecule has 9 nitrogen and oxygen atoms in total. The average molecular weight is 455 g/mol. The summed E-state index contributed by atoms with van der Waals surface area (Å²) < 4.78 is 16.3. The van der Waals surface area contributed by atoms with Crippen molar-refractivity contribution >= 4 is 29.3 Å². The van der Waals surface area contributed by atoms with E-state index in [0.29, 0.717) is 48.1 Å². The third kappa shape index (κ3) is 5.93. The number of nitrogen functional groups attached to an aromatic ring is 1. The molecule has 172 valence electrons. The van der Waals surface area contributed by atoms with Crippen molar-refractivity contribution in [2.45, 2.75) is 31.4 Å². The van der Waals surface area contributed by atoms with Gasteiger partial charge in [-0.3, -0.25) is 9.69 Å². The highest BCUT2D eigenvalue weighted by molar-refractivity contribution is 6.33. The number of halogens is 1. The van der Waals surface area contributed by atoms with Crippen LogP contribution in [0.4, 0.5) is 10.5 Å². The number of carbonyl (C=O) groups is 2. The summed E-state index contributed by atoms with van der Waals surface area (Å²) in [6, 6.07) is 2.88. The first-order valence-electron chi connectivity index (χ1n) is 10.5. The van der Waals surface area contributed by atoms with E-state index >= 15 is 0 Å². The van der Waals surface area contributed by atoms with Crippen molar-refractivity contribution in [3.63, 3.8) is 0 Å². The molecule has 0 aliphatic carbocycles. The fourth-order valence-electron chi connectivity index (χ4n) is 4.00. The van der Waals surface area contributed by atoms with Crippen molar-refractivity contribution < 1.29 is 23.8 Å². The van der Waals surface area contributed by atoms with Gasteiger partial charge in [0.15, 0.2) is 0 Å². The third-order valence-electron chi connectivity index (χ3n) is 5.82. The van der Waals surface area contributed by atoms with Crippen molar-refractivity contribution in [3.8, 4) is 5.75 Å². The first kappa shape index (κ1) is 23.4. The Balaban J connectivity index is 1.51. The molecule has 3 rings (SSSR count). The number of ether oxygens (including phenoxy) is 3. The SMILES string of the molecule is COc1cc(N)c(Cl)cc1C(=O)N[C@@H]1CCN(CCOC(=O)N2CCCC2)C[C@@H]1OC. The fourth-order valence-corrected chi connectivity index (χ4v) is 4.17. The molecule has 0 bridgehead atoms. The molecule has 1 aromatic rings. The highest BCUT2D eigenvalue weighted by Crippen LogP contribution is 2.29. The molecule has 2 aliphatic rings. The Hall–Kier alpha value is -2.23. The van der Waals surface area contributed by atoms with Gasteiger partial charge in [-0.25, -0.2) is 4.79 Å². The maximum atomic E-state index is 12.9. The summed E-state index contributed by atoms with van der Waals surface area (Å²) in [5.74, 6) is 0.0735. The number of piperidine rings is 1. The van der Waals surface area contributed by atoms with Gasteiger partial charge < -0.3 is 30.2 Å². The topological polar surface area (TPSA) is 106 Å². The molecule has 0 aromatic heterocycles. The third-order valence-corrected chi connectivity index (χ3v) is 6.15. The van der Waals surface area contributed by atoms with Crippen LogP contribution in [0.1, 0.15) is 29.6 Å². The van der Waals surface area contributed by atoms with Gasteiger partial charge in [0.2, 0.25) is 0 Å². The second-order valence-corrected chi connectivity index (χ2v) is 8.23. The number of nitrogens with zero attached hydrogens (tertiary/aromatic N) is 2. The van der Waals surface area contributed by atoms with Crippen molar-refractivity contribution in [1.82, 2.24) is 15.1 Å². The molecule has 2 heterocycles. The standard InChI is InChI=1S/C21H31ClN4O5/c1-29-18-12-16(23)15(22)11-14(18)20(27)24-17-5-8-25(13-19(17)30-2)9-10-31-21(28)26-6-3-4-7-26/h11-12,17,19H,3-10,13,23H2,1-2H3,(H,24,27)/t17-,19+/m1/s1. The Bertz CT molecular complexity index is 787. The number of benzene rings is 1. The molecule has 2 saturated heterocycles. The summed E-state index contributed by atoms with van der Waals surface area (Å²) in [6.45, 7) is 3.90. The lowest BCUT2D eigenvalue weighted by atomic mass is 10.0. The molecule has 1 aromatic carbocycles. The molecule has 3 N–H and O–H groups in total. The largest absolute Gasteiger partial charge is 0.496 e. The molecule has 2 atom stereocenters. The lowest BCUT2D eigenvalue weighted by Crippen LogP contribution is -2.55. The van der Waals surface area contributed by atoms with Gasteiger partial charge in [0.05, 0.1) is 35.5 Å². The predicted octanol–water partition coefficient (Wildman–Crippen LogP) is 1.98. The lowest BCUT2D eigenvalue weighted by Gasteiger charge is -2.38. The van der Waals surface area contributed by atoms with Crippen LogP contribution in [0, 0.1) is 0 Å². The minimum atomic E-state index is -0.293. The lowest BCUT2D eigenvalue weighted by molar-refractivity contribution is 0.0000394. The van der Waals surface area contributed by atoms with E-state index in [1.807, 2.05) is 0 Å². The Kier molecular flexibility index (Phi) is 8.22. The highest BCUT2D eigenvalue weighted by atomic mass is 35.5. The van der Waals surface area contributed by atoms with E-state index in [0.717, 1.165) is 32.5 Å². The van der Waals surface area contributed by atoms with E-state index in [1.54, 1.807) is 12.0 Å². The van der Waals surface area contributed by atoms with Crippen LogP contribution in [-0.4, -0.2) is 87.5 Å². The van der Waals surface area contributed by atoms with E-state index in [4.69, 9.17) is 31.5 Å². The maximum absolute atomic E-state index is 12.9. The zero-order chi connectivity index (χ0) is 22.4. The molecular weight excluding hydrogens is 424 g/mol. The van der Waals surface area contributed by atoms with Crippen molar-refractivity contribution in [1.29, 1.82) is 0 Å². The first-order chi connectivity index (χ1) is 14.9. The predicted molar refractivity (Wildman–Crippen MR) is 118 cm³/mol. The van der Waals surface area contributed by atoms with Crippen LogP contribution < -0.4 is 15.8 Å².